The summed E-state index contributed by atoms with van der Waals surface area (Å²) in [4.78, 5) is 42.5. The predicted molar refractivity (Wildman–Crippen MR) is 125 cm³/mol. The first-order valence-electron chi connectivity index (χ1n) is 11.4. The molecule has 2 N–H and O–H groups in total. The van der Waals surface area contributed by atoms with E-state index < -0.39 is 41.5 Å². The minimum Gasteiger partial charge on any atom is -0.480 e. The van der Waals surface area contributed by atoms with Crippen LogP contribution in [-0.2, 0) is 15.7 Å². The second-order valence-electron chi connectivity index (χ2n) is 8.93. The standard InChI is InChI=1S/C25H22F3N3O5/c26-25(27,28)19-5-2-1-4-17(19)20-10-14-7-8-15(11-18(14)22(32)29-20)31-13-16(36-24(31)35)12-30-9-3-6-21(30)23(33)34/h1-2,4-5,7-8,10-11,16,21H,3,6,9,12-13H2,(H,29,32)(H,33,34)/t16?,21-/m0/s1. The van der Waals surface area contributed by atoms with Gasteiger partial charge in [-0.25, -0.2) is 4.79 Å². The van der Waals surface area contributed by atoms with Crippen LogP contribution < -0.4 is 10.5 Å². The van der Waals surface area contributed by atoms with Crippen LogP contribution in [0.2, 0.25) is 0 Å². The minimum absolute atomic E-state index is 0.0346. The molecule has 0 radical (unpaired) electrons. The van der Waals surface area contributed by atoms with Gasteiger partial charge < -0.3 is 14.8 Å². The van der Waals surface area contributed by atoms with Crippen molar-refractivity contribution in [2.75, 3.05) is 24.5 Å². The van der Waals surface area contributed by atoms with E-state index in [4.69, 9.17) is 4.74 Å². The maximum atomic E-state index is 13.5. The van der Waals surface area contributed by atoms with Crippen molar-refractivity contribution in [2.24, 2.45) is 0 Å². The van der Waals surface area contributed by atoms with Crippen LogP contribution in [0.1, 0.15) is 18.4 Å². The Bertz CT molecular complexity index is 1400. The predicted octanol–water partition coefficient (Wildman–Crippen LogP) is 4.09. The number of carboxylic acids is 1. The van der Waals surface area contributed by atoms with Crippen molar-refractivity contribution < 1.29 is 32.6 Å². The van der Waals surface area contributed by atoms with Crippen LogP contribution in [-0.4, -0.2) is 58.8 Å². The number of carbonyl (C=O) groups is 2. The number of aliphatic carboxylic acids is 1. The number of cyclic esters (lactones) is 1. The lowest BCUT2D eigenvalue weighted by molar-refractivity contribution is -0.142. The van der Waals surface area contributed by atoms with E-state index in [1.807, 2.05) is 0 Å². The van der Waals surface area contributed by atoms with E-state index in [1.165, 1.54) is 35.2 Å². The average molecular weight is 501 g/mol. The van der Waals surface area contributed by atoms with Crippen molar-refractivity contribution in [3.8, 4) is 11.3 Å². The molecule has 3 heterocycles. The Morgan fingerprint density at radius 3 is 2.67 bits per heavy atom. The number of nitrogens with zero attached hydrogens (tertiary/aromatic N) is 2. The molecule has 1 amide bonds. The van der Waals surface area contributed by atoms with Gasteiger partial charge in [-0.3, -0.25) is 19.4 Å². The molecule has 1 unspecified atom stereocenters. The Kier molecular flexibility index (Phi) is 5.95. The number of amides is 1. The Labute approximate surface area is 202 Å². The molecule has 11 heteroatoms. The molecule has 1 aromatic heterocycles. The Morgan fingerprint density at radius 2 is 1.92 bits per heavy atom. The lowest BCUT2D eigenvalue weighted by atomic mass is 10.0. The molecule has 8 nitrogen and oxygen atoms in total. The van der Waals surface area contributed by atoms with Gasteiger partial charge in [0, 0.05) is 28.9 Å². The topological polar surface area (TPSA) is 103 Å². The van der Waals surface area contributed by atoms with E-state index in [9.17, 15) is 32.7 Å². The van der Waals surface area contributed by atoms with E-state index in [0.29, 0.717) is 24.0 Å². The number of hydrogen-bond acceptors (Lipinski definition) is 5. The molecule has 2 fully saturated rings. The molecule has 0 aliphatic carbocycles. The molecule has 2 atom stereocenters. The molecule has 2 aliphatic rings. The first-order chi connectivity index (χ1) is 17.1. The maximum absolute atomic E-state index is 13.5. The van der Waals surface area contributed by atoms with Gasteiger partial charge in [-0.1, -0.05) is 24.3 Å². The summed E-state index contributed by atoms with van der Waals surface area (Å²) in [6, 6.07) is 10.5. The number of nitrogens with one attached hydrogen (secondary N) is 1. The number of H-pyrrole nitrogens is 1. The molecule has 0 saturated carbocycles. The highest BCUT2D eigenvalue weighted by Gasteiger charge is 2.38. The number of hydrogen-bond donors (Lipinski definition) is 2. The van der Waals surface area contributed by atoms with Crippen LogP contribution >= 0.6 is 0 Å². The van der Waals surface area contributed by atoms with Crippen LogP contribution in [0.25, 0.3) is 22.0 Å². The van der Waals surface area contributed by atoms with Gasteiger partial charge in [-0.2, -0.15) is 13.2 Å². The summed E-state index contributed by atoms with van der Waals surface area (Å²) in [5, 5.41) is 9.99. The van der Waals surface area contributed by atoms with Crippen molar-refractivity contribution >= 4 is 28.5 Å². The van der Waals surface area contributed by atoms with E-state index in [-0.39, 0.29) is 29.7 Å². The molecule has 5 rings (SSSR count). The summed E-state index contributed by atoms with van der Waals surface area (Å²) in [6.07, 6.45) is -4.43. The number of alkyl halides is 3. The number of halogens is 3. The fraction of sp³-hybridized carbons (Fsp3) is 0.320. The van der Waals surface area contributed by atoms with Gasteiger partial charge in [0.15, 0.2) is 0 Å². The number of rotatable bonds is 5. The summed E-state index contributed by atoms with van der Waals surface area (Å²) in [7, 11) is 0. The number of pyridine rings is 1. The minimum atomic E-state index is -4.58. The van der Waals surface area contributed by atoms with Crippen molar-refractivity contribution in [1.82, 2.24) is 9.88 Å². The average Bonchev–Trinajstić information content (AvgIpc) is 3.45. The zero-order valence-electron chi connectivity index (χ0n) is 18.9. The second kappa shape index (κ2) is 8.98. The molecule has 2 saturated heterocycles. The SMILES string of the molecule is O=C(O)[C@@H]1CCCN1CC1CN(c2ccc3cc(-c4ccccc4C(F)(F)F)[nH]c(=O)c3c2)C(=O)O1. The molecule has 0 spiro atoms. The number of ether oxygens (including phenoxy) is 1. The normalized spacial score (nSPS) is 20.8. The Morgan fingerprint density at radius 1 is 1.14 bits per heavy atom. The molecule has 188 valence electrons. The van der Waals surface area contributed by atoms with Crippen LogP contribution in [0.4, 0.5) is 23.7 Å². The smallest absolute Gasteiger partial charge is 0.417 e. The first-order valence-corrected chi connectivity index (χ1v) is 11.4. The molecule has 3 aromatic rings. The zero-order chi connectivity index (χ0) is 25.6. The van der Waals surface area contributed by atoms with Crippen LogP contribution in [0.3, 0.4) is 0 Å². The van der Waals surface area contributed by atoms with Crippen LogP contribution in [0.15, 0.2) is 53.3 Å². The van der Waals surface area contributed by atoms with E-state index in [0.717, 1.165) is 12.5 Å². The van der Waals surface area contributed by atoms with E-state index in [2.05, 4.69) is 4.98 Å². The number of aromatic nitrogens is 1. The highest BCUT2D eigenvalue weighted by Crippen LogP contribution is 2.37. The second-order valence-corrected chi connectivity index (χ2v) is 8.93. The summed E-state index contributed by atoms with van der Waals surface area (Å²) in [6.45, 7) is 1.08. The summed E-state index contributed by atoms with van der Waals surface area (Å²) in [5.74, 6) is -0.903. The third kappa shape index (κ3) is 4.41. The van der Waals surface area contributed by atoms with E-state index >= 15 is 0 Å². The first kappa shape index (κ1) is 23.9. The summed E-state index contributed by atoms with van der Waals surface area (Å²) >= 11 is 0. The lowest BCUT2D eigenvalue weighted by Crippen LogP contribution is -2.41. The van der Waals surface area contributed by atoms with Gasteiger partial charge in [-0.05, 0) is 49.0 Å². The van der Waals surface area contributed by atoms with Gasteiger partial charge in [0.05, 0.1) is 12.1 Å². The molecule has 2 aromatic carbocycles. The van der Waals surface area contributed by atoms with Crippen molar-refractivity contribution in [3.05, 3.63) is 64.4 Å². The Hall–Kier alpha value is -3.86. The third-order valence-electron chi connectivity index (χ3n) is 6.62. The van der Waals surface area contributed by atoms with Crippen molar-refractivity contribution in [2.45, 2.75) is 31.2 Å². The van der Waals surface area contributed by atoms with Crippen molar-refractivity contribution in [3.63, 3.8) is 0 Å². The quantitative estimate of drug-likeness (QED) is 0.546. The van der Waals surface area contributed by atoms with E-state index in [1.54, 1.807) is 17.0 Å². The number of carboxylic acid groups (broad SMARTS) is 1. The fourth-order valence-corrected chi connectivity index (χ4v) is 4.94. The van der Waals surface area contributed by atoms with Crippen molar-refractivity contribution in [1.29, 1.82) is 0 Å². The van der Waals surface area contributed by atoms with Gasteiger partial charge >= 0.3 is 18.2 Å². The maximum Gasteiger partial charge on any atom is 0.417 e. The summed E-state index contributed by atoms with van der Waals surface area (Å²) in [5.41, 5.74) is -1.15. The molecular formula is C25H22F3N3O5. The number of benzene rings is 2. The lowest BCUT2D eigenvalue weighted by Gasteiger charge is -2.23. The molecule has 2 aliphatic heterocycles. The number of anilines is 1. The third-order valence-corrected chi connectivity index (χ3v) is 6.62. The summed E-state index contributed by atoms with van der Waals surface area (Å²) < 4.78 is 45.8. The molecule has 36 heavy (non-hydrogen) atoms. The van der Waals surface area contributed by atoms with Gasteiger partial charge in [-0.15, -0.1) is 0 Å². The largest absolute Gasteiger partial charge is 0.480 e. The fourth-order valence-electron chi connectivity index (χ4n) is 4.94. The number of fused-ring (bicyclic) bond motifs is 1. The molecular weight excluding hydrogens is 479 g/mol. The van der Waals surface area contributed by atoms with Gasteiger partial charge in [0.2, 0.25) is 0 Å². The van der Waals surface area contributed by atoms with Crippen LogP contribution in [0, 0.1) is 0 Å². The monoisotopic (exact) mass is 501 g/mol. The van der Waals surface area contributed by atoms with Crippen LogP contribution in [0.5, 0.6) is 0 Å². The van der Waals surface area contributed by atoms with Gasteiger partial charge in [0.1, 0.15) is 12.1 Å². The zero-order valence-corrected chi connectivity index (χ0v) is 18.9. The number of likely N-dealkylation sites (tertiary alicyclic amines) is 1. The highest BCUT2D eigenvalue weighted by molar-refractivity contribution is 5.94. The number of carbonyl (C=O) groups excluding carboxylic acids is 1. The Balaban J connectivity index is 1.41. The number of aromatic amines is 1. The molecule has 0 bridgehead atoms. The highest BCUT2D eigenvalue weighted by atomic mass is 19.4. The van der Waals surface area contributed by atoms with Gasteiger partial charge in [0.25, 0.3) is 5.56 Å².